The van der Waals surface area contributed by atoms with Gasteiger partial charge in [0.15, 0.2) is 5.16 Å². The highest BCUT2D eigenvalue weighted by molar-refractivity contribution is 7.99. The van der Waals surface area contributed by atoms with Crippen LogP contribution in [0.3, 0.4) is 0 Å². The minimum Gasteiger partial charge on any atom is -0.323 e. The average molecular weight is 471 g/mol. The maximum absolute atomic E-state index is 13.1. The van der Waals surface area contributed by atoms with Crippen LogP contribution < -0.4 is 10.9 Å². The van der Waals surface area contributed by atoms with Crippen LogP contribution in [0, 0.1) is 0 Å². The first kappa shape index (κ1) is 21.4. The van der Waals surface area contributed by atoms with E-state index in [2.05, 4.69) is 15.3 Å². The Kier molecular flexibility index (Phi) is 6.56. The highest BCUT2D eigenvalue weighted by Gasteiger charge is 2.15. The van der Waals surface area contributed by atoms with E-state index in [1.165, 1.54) is 11.8 Å². The van der Waals surface area contributed by atoms with Gasteiger partial charge in [0.25, 0.3) is 5.56 Å². The maximum atomic E-state index is 13.1. The standard InChI is InChI=1S/C22H16Cl2N4O2S/c23-16-7-3-8-17(24)20(16)27-19(29)13-31-22-26-18-9-2-1-6-15(18)21(30)28(22)12-14-5-4-10-25-11-14/h1-11H,12-13H2,(H,27,29). The molecule has 0 unspecified atom stereocenters. The highest BCUT2D eigenvalue weighted by atomic mass is 35.5. The molecule has 0 fully saturated rings. The number of aromatic nitrogens is 3. The van der Waals surface area contributed by atoms with Gasteiger partial charge in [0.2, 0.25) is 5.91 Å². The molecule has 0 atom stereocenters. The maximum Gasteiger partial charge on any atom is 0.262 e. The van der Waals surface area contributed by atoms with Gasteiger partial charge in [-0.2, -0.15) is 0 Å². The molecule has 0 aliphatic carbocycles. The third kappa shape index (κ3) is 4.90. The van der Waals surface area contributed by atoms with Crippen LogP contribution in [0.2, 0.25) is 10.0 Å². The number of carbonyl (C=O) groups excluding carboxylic acids is 1. The van der Waals surface area contributed by atoms with E-state index in [9.17, 15) is 9.59 Å². The summed E-state index contributed by atoms with van der Waals surface area (Å²) in [4.78, 5) is 34.4. The number of nitrogens with one attached hydrogen (secondary N) is 1. The first-order chi connectivity index (χ1) is 15.0. The van der Waals surface area contributed by atoms with E-state index in [1.807, 2.05) is 18.2 Å². The quantitative estimate of drug-likeness (QED) is 0.321. The molecule has 31 heavy (non-hydrogen) atoms. The molecule has 9 heteroatoms. The molecule has 0 aliphatic rings. The molecule has 2 aromatic heterocycles. The molecule has 6 nitrogen and oxygen atoms in total. The van der Waals surface area contributed by atoms with Crippen LogP contribution in [0.1, 0.15) is 5.56 Å². The minimum atomic E-state index is -0.310. The Labute approximate surface area is 192 Å². The van der Waals surface area contributed by atoms with Crippen LogP contribution in [-0.2, 0) is 11.3 Å². The molecule has 2 heterocycles. The molecule has 0 spiro atoms. The van der Waals surface area contributed by atoms with Crippen molar-refractivity contribution in [2.45, 2.75) is 11.7 Å². The normalized spacial score (nSPS) is 10.9. The molecule has 0 saturated carbocycles. The summed E-state index contributed by atoms with van der Waals surface area (Å²) >= 11 is 13.4. The zero-order valence-electron chi connectivity index (χ0n) is 16.1. The van der Waals surface area contributed by atoms with Gasteiger partial charge in [0.05, 0.1) is 38.9 Å². The van der Waals surface area contributed by atoms with Crippen molar-refractivity contribution in [3.05, 3.63) is 93.0 Å². The molecule has 0 aliphatic heterocycles. The van der Waals surface area contributed by atoms with Crippen molar-refractivity contribution in [1.82, 2.24) is 14.5 Å². The predicted octanol–water partition coefficient (Wildman–Crippen LogP) is 4.88. The van der Waals surface area contributed by atoms with E-state index in [4.69, 9.17) is 23.2 Å². The fourth-order valence-electron chi connectivity index (χ4n) is 2.99. The van der Waals surface area contributed by atoms with Crippen LogP contribution in [-0.4, -0.2) is 26.2 Å². The summed E-state index contributed by atoms with van der Waals surface area (Å²) in [6, 6.07) is 15.8. The second-order valence-electron chi connectivity index (χ2n) is 6.60. The van der Waals surface area contributed by atoms with E-state index >= 15 is 0 Å². The van der Waals surface area contributed by atoms with Gasteiger partial charge < -0.3 is 5.32 Å². The number of fused-ring (bicyclic) bond motifs is 1. The number of para-hydroxylation sites is 2. The Bertz CT molecular complexity index is 1290. The van der Waals surface area contributed by atoms with E-state index < -0.39 is 0 Å². The summed E-state index contributed by atoms with van der Waals surface area (Å²) in [5.41, 5.74) is 1.62. The van der Waals surface area contributed by atoms with Crippen LogP contribution >= 0.6 is 35.0 Å². The number of benzene rings is 2. The summed E-state index contributed by atoms with van der Waals surface area (Å²) in [5, 5.41) is 4.38. The zero-order chi connectivity index (χ0) is 21.8. The molecule has 2 aromatic carbocycles. The van der Waals surface area contributed by atoms with Gasteiger partial charge in [-0.15, -0.1) is 0 Å². The molecule has 4 aromatic rings. The first-order valence-electron chi connectivity index (χ1n) is 9.28. The largest absolute Gasteiger partial charge is 0.323 e. The molecule has 1 N–H and O–H groups in total. The van der Waals surface area contributed by atoms with Crippen molar-refractivity contribution in [3.63, 3.8) is 0 Å². The van der Waals surface area contributed by atoms with E-state index in [-0.39, 0.29) is 17.2 Å². The fourth-order valence-corrected chi connectivity index (χ4v) is 4.28. The lowest BCUT2D eigenvalue weighted by Crippen LogP contribution is -2.25. The molecule has 1 amide bonds. The van der Waals surface area contributed by atoms with Crippen molar-refractivity contribution in [3.8, 4) is 0 Å². The number of pyridine rings is 1. The molecule has 4 rings (SSSR count). The lowest BCUT2D eigenvalue weighted by Gasteiger charge is -2.13. The van der Waals surface area contributed by atoms with Crippen LogP contribution in [0.25, 0.3) is 10.9 Å². The van der Waals surface area contributed by atoms with Crippen LogP contribution in [0.4, 0.5) is 5.69 Å². The smallest absolute Gasteiger partial charge is 0.262 e. The second-order valence-corrected chi connectivity index (χ2v) is 8.35. The lowest BCUT2D eigenvalue weighted by molar-refractivity contribution is -0.113. The van der Waals surface area contributed by atoms with Crippen molar-refractivity contribution < 1.29 is 4.79 Å². The Morgan fingerprint density at radius 1 is 1.03 bits per heavy atom. The van der Waals surface area contributed by atoms with Crippen molar-refractivity contribution >= 4 is 57.5 Å². The predicted molar refractivity (Wildman–Crippen MR) is 125 cm³/mol. The Hall–Kier alpha value is -2.87. The number of thioether (sulfide) groups is 1. The Morgan fingerprint density at radius 3 is 2.55 bits per heavy atom. The molecule has 0 saturated heterocycles. The number of rotatable bonds is 6. The third-order valence-corrected chi connectivity index (χ3v) is 6.06. The Morgan fingerprint density at radius 2 is 1.81 bits per heavy atom. The first-order valence-corrected chi connectivity index (χ1v) is 11.0. The van der Waals surface area contributed by atoms with Gasteiger partial charge in [-0.1, -0.05) is 59.2 Å². The van der Waals surface area contributed by atoms with Gasteiger partial charge in [-0.05, 0) is 35.9 Å². The second kappa shape index (κ2) is 9.51. The third-order valence-electron chi connectivity index (χ3n) is 4.45. The molecule has 156 valence electrons. The molecule has 0 bridgehead atoms. The summed E-state index contributed by atoms with van der Waals surface area (Å²) in [6.07, 6.45) is 3.37. The molecular weight excluding hydrogens is 455 g/mol. The summed E-state index contributed by atoms with van der Waals surface area (Å²) in [6.45, 7) is 0.296. The number of amides is 1. The summed E-state index contributed by atoms with van der Waals surface area (Å²) in [5.74, 6) is -0.283. The summed E-state index contributed by atoms with van der Waals surface area (Å²) in [7, 11) is 0. The summed E-state index contributed by atoms with van der Waals surface area (Å²) < 4.78 is 1.56. The van der Waals surface area contributed by atoms with Gasteiger partial charge >= 0.3 is 0 Å². The number of anilines is 1. The Balaban J connectivity index is 1.62. The van der Waals surface area contributed by atoms with Gasteiger partial charge in [0, 0.05) is 12.4 Å². The van der Waals surface area contributed by atoms with E-state index in [0.29, 0.717) is 38.3 Å². The highest BCUT2D eigenvalue weighted by Crippen LogP contribution is 2.30. The monoisotopic (exact) mass is 470 g/mol. The van der Waals surface area contributed by atoms with Crippen LogP contribution in [0.15, 0.2) is 76.9 Å². The lowest BCUT2D eigenvalue weighted by atomic mass is 10.2. The SMILES string of the molecule is O=C(CSc1nc2ccccc2c(=O)n1Cc1cccnc1)Nc1c(Cl)cccc1Cl. The van der Waals surface area contributed by atoms with Crippen molar-refractivity contribution in [2.75, 3.05) is 11.1 Å². The van der Waals surface area contributed by atoms with Crippen LogP contribution in [0.5, 0.6) is 0 Å². The van der Waals surface area contributed by atoms with Gasteiger partial charge in [-0.25, -0.2) is 4.98 Å². The van der Waals surface area contributed by atoms with E-state index in [1.54, 1.807) is 53.4 Å². The van der Waals surface area contributed by atoms with Gasteiger partial charge in [0.1, 0.15) is 0 Å². The number of hydrogen-bond acceptors (Lipinski definition) is 5. The van der Waals surface area contributed by atoms with Gasteiger partial charge in [-0.3, -0.25) is 19.1 Å². The molecule has 0 radical (unpaired) electrons. The number of hydrogen-bond donors (Lipinski definition) is 1. The minimum absolute atomic E-state index is 0.0272. The van der Waals surface area contributed by atoms with E-state index in [0.717, 1.165) is 5.56 Å². The average Bonchev–Trinajstić information content (AvgIpc) is 2.78. The zero-order valence-corrected chi connectivity index (χ0v) is 18.4. The fraction of sp³-hybridized carbons (Fsp3) is 0.0909. The number of nitrogens with zero attached hydrogens (tertiary/aromatic N) is 3. The molecular formula is C22H16Cl2N4O2S. The number of halogens is 2. The van der Waals surface area contributed by atoms with Crippen molar-refractivity contribution in [1.29, 1.82) is 0 Å². The topological polar surface area (TPSA) is 76.9 Å². The van der Waals surface area contributed by atoms with Crippen molar-refractivity contribution in [2.24, 2.45) is 0 Å². The number of carbonyl (C=O) groups is 1.